The summed E-state index contributed by atoms with van der Waals surface area (Å²) < 4.78 is 0. The lowest BCUT2D eigenvalue weighted by Gasteiger charge is -2.09. The summed E-state index contributed by atoms with van der Waals surface area (Å²) in [7, 11) is 0. The van der Waals surface area contributed by atoms with E-state index in [-0.39, 0.29) is 5.91 Å². The summed E-state index contributed by atoms with van der Waals surface area (Å²) in [6, 6.07) is 10.7. The molecule has 2 aromatic rings. The highest BCUT2D eigenvalue weighted by molar-refractivity contribution is 6.30. The van der Waals surface area contributed by atoms with Crippen molar-refractivity contribution in [2.75, 3.05) is 18.4 Å². The van der Waals surface area contributed by atoms with Gasteiger partial charge in [-0.25, -0.2) is 0 Å². The van der Waals surface area contributed by atoms with Crippen molar-refractivity contribution in [3.63, 3.8) is 0 Å². The Hall–Kier alpha value is -1.91. The molecule has 1 aliphatic rings. The predicted octanol–water partition coefficient (Wildman–Crippen LogP) is 3.06. The molecule has 0 saturated carbocycles. The average Bonchev–Trinajstić information content (AvgIpc) is 3.03. The molecule has 1 fully saturated rings. The van der Waals surface area contributed by atoms with Gasteiger partial charge >= 0.3 is 0 Å². The Bertz CT molecular complexity index is 619. The average molecular weight is 302 g/mol. The van der Waals surface area contributed by atoms with Crippen LogP contribution in [0.4, 0.5) is 5.69 Å². The maximum atomic E-state index is 12.1. The molecule has 2 heterocycles. The summed E-state index contributed by atoms with van der Waals surface area (Å²) in [5.41, 5.74) is 2.35. The molecular formula is C16H16ClN3O. The van der Waals surface area contributed by atoms with Crippen molar-refractivity contribution in [3.05, 3.63) is 58.9 Å². The van der Waals surface area contributed by atoms with E-state index in [9.17, 15) is 4.79 Å². The third-order valence-corrected chi connectivity index (χ3v) is 3.88. The number of halogens is 1. The maximum Gasteiger partial charge on any atom is 0.255 e. The van der Waals surface area contributed by atoms with E-state index in [0.717, 1.165) is 25.2 Å². The Labute approximate surface area is 128 Å². The van der Waals surface area contributed by atoms with Gasteiger partial charge < -0.3 is 10.6 Å². The van der Waals surface area contributed by atoms with Crippen LogP contribution in [0, 0.1) is 0 Å². The first-order valence-corrected chi connectivity index (χ1v) is 7.34. The minimum Gasteiger partial charge on any atom is -0.321 e. The van der Waals surface area contributed by atoms with Gasteiger partial charge in [-0.15, -0.1) is 0 Å². The fourth-order valence-electron chi connectivity index (χ4n) is 2.43. The molecule has 5 heteroatoms. The van der Waals surface area contributed by atoms with Crippen LogP contribution in [0.5, 0.6) is 0 Å². The van der Waals surface area contributed by atoms with Gasteiger partial charge in [0.25, 0.3) is 5.91 Å². The van der Waals surface area contributed by atoms with E-state index < -0.39 is 0 Å². The van der Waals surface area contributed by atoms with Crippen LogP contribution in [0.1, 0.15) is 28.4 Å². The van der Waals surface area contributed by atoms with E-state index in [1.807, 2.05) is 12.1 Å². The van der Waals surface area contributed by atoms with Gasteiger partial charge in [-0.1, -0.05) is 11.6 Å². The second-order valence-electron chi connectivity index (χ2n) is 5.12. The number of nitrogens with zero attached hydrogens (tertiary/aromatic N) is 1. The van der Waals surface area contributed by atoms with Crippen LogP contribution in [0.25, 0.3) is 0 Å². The van der Waals surface area contributed by atoms with Crippen LogP contribution in [0.3, 0.4) is 0 Å². The molecule has 0 unspecified atom stereocenters. The Morgan fingerprint density at radius 1 is 1.24 bits per heavy atom. The normalized spacial score (nSPS) is 17.7. The summed E-state index contributed by atoms with van der Waals surface area (Å²) in [6.07, 6.45) is 2.82. The molecule has 1 atom stereocenters. The van der Waals surface area contributed by atoms with Gasteiger partial charge in [0.1, 0.15) is 0 Å². The van der Waals surface area contributed by atoms with E-state index in [2.05, 4.69) is 15.6 Å². The molecule has 2 N–H and O–H groups in total. The zero-order valence-corrected chi connectivity index (χ0v) is 12.2. The number of hydrogen-bond acceptors (Lipinski definition) is 3. The van der Waals surface area contributed by atoms with Crippen LogP contribution in [0.2, 0.25) is 5.02 Å². The third kappa shape index (κ3) is 3.40. The lowest BCUT2D eigenvalue weighted by Crippen LogP contribution is -2.12. The predicted molar refractivity (Wildman–Crippen MR) is 83.9 cm³/mol. The molecule has 1 saturated heterocycles. The highest BCUT2D eigenvalue weighted by Crippen LogP contribution is 2.21. The number of hydrogen-bond donors (Lipinski definition) is 2. The van der Waals surface area contributed by atoms with Gasteiger partial charge in [0.15, 0.2) is 0 Å². The van der Waals surface area contributed by atoms with Crippen LogP contribution < -0.4 is 10.6 Å². The monoisotopic (exact) mass is 301 g/mol. The summed E-state index contributed by atoms with van der Waals surface area (Å²) in [5, 5.41) is 6.77. The number of carbonyl (C=O) groups excluding carboxylic acids is 1. The minimum atomic E-state index is -0.163. The standard InChI is InChI=1S/C16H16ClN3O/c17-13-3-1-11(2-4-13)16(21)20-14-5-6-15(19-10-14)12-7-8-18-9-12/h1-6,10,12,18H,7-9H2,(H,20,21)/t12-/m1/s1. The highest BCUT2D eigenvalue weighted by atomic mass is 35.5. The Kier molecular flexibility index (Phi) is 4.18. The summed E-state index contributed by atoms with van der Waals surface area (Å²) >= 11 is 5.81. The molecule has 4 nitrogen and oxygen atoms in total. The zero-order chi connectivity index (χ0) is 14.7. The van der Waals surface area contributed by atoms with Crippen LogP contribution >= 0.6 is 11.6 Å². The molecule has 108 valence electrons. The summed E-state index contributed by atoms with van der Waals surface area (Å²) in [4.78, 5) is 16.5. The first-order valence-electron chi connectivity index (χ1n) is 6.96. The van der Waals surface area contributed by atoms with Crippen molar-refractivity contribution < 1.29 is 4.79 Å². The van der Waals surface area contributed by atoms with E-state index in [4.69, 9.17) is 11.6 Å². The van der Waals surface area contributed by atoms with Crippen LogP contribution in [-0.2, 0) is 0 Å². The van der Waals surface area contributed by atoms with E-state index in [0.29, 0.717) is 22.2 Å². The number of aromatic nitrogens is 1. The summed E-state index contributed by atoms with van der Waals surface area (Å²) in [5.74, 6) is 0.315. The maximum absolute atomic E-state index is 12.1. The third-order valence-electron chi connectivity index (χ3n) is 3.63. The topological polar surface area (TPSA) is 54.0 Å². The zero-order valence-electron chi connectivity index (χ0n) is 11.5. The quantitative estimate of drug-likeness (QED) is 0.916. The molecule has 1 aliphatic heterocycles. The second kappa shape index (κ2) is 6.24. The molecule has 0 radical (unpaired) electrons. The molecule has 1 aromatic heterocycles. The Morgan fingerprint density at radius 2 is 2.05 bits per heavy atom. The summed E-state index contributed by atoms with van der Waals surface area (Å²) in [6.45, 7) is 2.02. The molecule has 1 amide bonds. The Balaban J connectivity index is 1.67. The van der Waals surface area contributed by atoms with Crippen molar-refractivity contribution in [2.24, 2.45) is 0 Å². The number of anilines is 1. The van der Waals surface area contributed by atoms with Crippen molar-refractivity contribution in [1.29, 1.82) is 0 Å². The molecule has 1 aromatic carbocycles. The highest BCUT2D eigenvalue weighted by Gasteiger charge is 2.17. The SMILES string of the molecule is O=C(Nc1ccc([C@@H]2CCNC2)nc1)c1ccc(Cl)cc1. The van der Waals surface area contributed by atoms with Crippen molar-refractivity contribution >= 4 is 23.2 Å². The smallest absolute Gasteiger partial charge is 0.255 e. The van der Waals surface area contributed by atoms with Gasteiger partial charge in [0.05, 0.1) is 11.9 Å². The van der Waals surface area contributed by atoms with Gasteiger partial charge in [0.2, 0.25) is 0 Å². The fraction of sp³-hybridized carbons (Fsp3) is 0.250. The first-order chi connectivity index (χ1) is 10.2. The van der Waals surface area contributed by atoms with Crippen molar-refractivity contribution in [3.8, 4) is 0 Å². The Morgan fingerprint density at radius 3 is 2.67 bits per heavy atom. The lowest BCUT2D eigenvalue weighted by molar-refractivity contribution is 0.102. The fourth-order valence-corrected chi connectivity index (χ4v) is 2.56. The second-order valence-corrected chi connectivity index (χ2v) is 5.56. The molecule has 3 rings (SSSR count). The van der Waals surface area contributed by atoms with Gasteiger partial charge in [-0.2, -0.15) is 0 Å². The van der Waals surface area contributed by atoms with Gasteiger partial charge in [-0.05, 0) is 49.4 Å². The van der Waals surface area contributed by atoms with Gasteiger partial charge in [0, 0.05) is 28.7 Å². The van der Waals surface area contributed by atoms with Crippen LogP contribution in [-0.4, -0.2) is 24.0 Å². The number of pyridine rings is 1. The number of benzene rings is 1. The van der Waals surface area contributed by atoms with E-state index in [1.54, 1.807) is 30.5 Å². The molecule has 21 heavy (non-hydrogen) atoms. The molecule has 0 aliphatic carbocycles. The molecular weight excluding hydrogens is 286 g/mol. The van der Waals surface area contributed by atoms with Crippen molar-refractivity contribution in [1.82, 2.24) is 10.3 Å². The van der Waals surface area contributed by atoms with Gasteiger partial charge in [-0.3, -0.25) is 9.78 Å². The lowest BCUT2D eigenvalue weighted by atomic mass is 10.0. The number of carbonyl (C=O) groups is 1. The first kappa shape index (κ1) is 14.0. The number of amides is 1. The van der Waals surface area contributed by atoms with Crippen molar-refractivity contribution in [2.45, 2.75) is 12.3 Å². The molecule has 0 bridgehead atoms. The molecule has 0 spiro atoms. The minimum absolute atomic E-state index is 0.163. The number of rotatable bonds is 3. The van der Waals surface area contributed by atoms with Crippen LogP contribution in [0.15, 0.2) is 42.6 Å². The largest absolute Gasteiger partial charge is 0.321 e. The number of nitrogens with one attached hydrogen (secondary N) is 2. The van der Waals surface area contributed by atoms with E-state index >= 15 is 0 Å². The van der Waals surface area contributed by atoms with E-state index in [1.165, 1.54) is 0 Å².